The molecule has 1 aliphatic rings. The van der Waals surface area contributed by atoms with Gasteiger partial charge in [0.25, 0.3) is 0 Å². The van der Waals surface area contributed by atoms with Crippen molar-refractivity contribution in [2.24, 2.45) is 0 Å². The molecule has 0 unspecified atom stereocenters. The van der Waals surface area contributed by atoms with E-state index in [4.69, 9.17) is 14.4 Å². The highest BCUT2D eigenvalue weighted by Gasteiger charge is 2.18. The molecule has 2 heterocycles. The van der Waals surface area contributed by atoms with Gasteiger partial charge in [-0.1, -0.05) is 103 Å². The predicted molar refractivity (Wildman–Crippen MR) is 178 cm³/mol. The Labute approximate surface area is 248 Å². The van der Waals surface area contributed by atoms with Crippen LogP contribution in [0.3, 0.4) is 0 Å². The van der Waals surface area contributed by atoms with Gasteiger partial charge in [0.2, 0.25) is 0 Å². The van der Waals surface area contributed by atoms with Crippen LogP contribution in [0.2, 0.25) is 0 Å². The van der Waals surface area contributed by atoms with Crippen LogP contribution in [0.4, 0.5) is 0 Å². The fraction of sp³-hybridized carbons (Fsp3) is 0.0500. The Morgan fingerprint density at radius 2 is 1.16 bits per heavy atom. The summed E-state index contributed by atoms with van der Waals surface area (Å²) in [6.45, 7) is 0. The topological polar surface area (TPSA) is 38.9 Å². The molecule has 9 rings (SSSR count). The van der Waals surface area contributed by atoms with Gasteiger partial charge < -0.3 is 4.42 Å². The van der Waals surface area contributed by atoms with Crippen LogP contribution in [-0.2, 0) is 0 Å². The Hall–Kier alpha value is -5.54. The highest BCUT2D eigenvalue weighted by atomic mass is 16.3. The highest BCUT2D eigenvalue weighted by Crippen LogP contribution is 2.43. The molecular weight excluding hydrogens is 524 g/mol. The van der Waals surface area contributed by atoms with Gasteiger partial charge in [-0.2, -0.15) is 0 Å². The van der Waals surface area contributed by atoms with Gasteiger partial charge in [-0.15, -0.1) is 0 Å². The molecule has 0 atom stereocenters. The first kappa shape index (κ1) is 24.1. The van der Waals surface area contributed by atoms with Crippen LogP contribution >= 0.6 is 0 Å². The lowest BCUT2D eigenvalue weighted by molar-refractivity contribution is 0.669. The molecule has 0 radical (unpaired) electrons. The van der Waals surface area contributed by atoms with Gasteiger partial charge in [-0.25, -0.2) is 9.97 Å². The van der Waals surface area contributed by atoms with Gasteiger partial charge in [0.1, 0.15) is 11.2 Å². The van der Waals surface area contributed by atoms with Crippen molar-refractivity contribution in [3.8, 4) is 33.6 Å². The molecule has 6 aromatic carbocycles. The zero-order chi connectivity index (χ0) is 28.3. The zero-order valence-corrected chi connectivity index (χ0v) is 23.4. The molecule has 0 aliphatic heterocycles. The third kappa shape index (κ3) is 3.89. The molecule has 202 valence electrons. The smallest absolute Gasteiger partial charge is 0.160 e. The average Bonchev–Trinajstić information content (AvgIpc) is 3.48. The van der Waals surface area contributed by atoms with Crippen molar-refractivity contribution in [1.82, 2.24) is 9.97 Å². The first-order chi connectivity index (χ1) is 21.3. The Bertz CT molecular complexity index is 2390. The zero-order valence-electron chi connectivity index (χ0n) is 23.4. The van der Waals surface area contributed by atoms with Crippen LogP contribution in [0.25, 0.3) is 82.7 Å². The van der Waals surface area contributed by atoms with E-state index in [2.05, 4.69) is 133 Å². The van der Waals surface area contributed by atoms with Gasteiger partial charge in [0.15, 0.2) is 5.82 Å². The molecule has 3 nitrogen and oxygen atoms in total. The molecule has 8 aromatic rings. The van der Waals surface area contributed by atoms with Crippen molar-refractivity contribution in [3.63, 3.8) is 0 Å². The molecule has 1 aliphatic carbocycles. The Morgan fingerprint density at radius 1 is 0.488 bits per heavy atom. The number of hydrogen-bond donors (Lipinski definition) is 0. The summed E-state index contributed by atoms with van der Waals surface area (Å²) in [5.41, 5.74) is 9.27. The van der Waals surface area contributed by atoms with E-state index >= 15 is 0 Å². The van der Waals surface area contributed by atoms with Gasteiger partial charge >= 0.3 is 0 Å². The minimum Gasteiger partial charge on any atom is -0.456 e. The van der Waals surface area contributed by atoms with Crippen molar-refractivity contribution >= 4 is 49.1 Å². The number of fused-ring (bicyclic) bond motifs is 3. The second-order valence-corrected chi connectivity index (χ2v) is 11.3. The van der Waals surface area contributed by atoms with Crippen LogP contribution in [0.15, 0.2) is 138 Å². The van der Waals surface area contributed by atoms with Gasteiger partial charge in [-0.3, -0.25) is 0 Å². The summed E-state index contributed by atoms with van der Waals surface area (Å²) in [5.74, 6) is 0.760. The monoisotopic (exact) mass is 550 g/mol. The minimum atomic E-state index is 0.760. The molecule has 3 heteroatoms. The fourth-order valence-corrected chi connectivity index (χ4v) is 6.62. The maximum atomic E-state index is 6.26. The number of aromatic nitrogens is 2. The van der Waals surface area contributed by atoms with Crippen molar-refractivity contribution < 1.29 is 4.42 Å². The first-order valence-electron chi connectivity index (χ1n) is 14.8. The van der Waals surface area contributed by atoms with E-state index in [0.29, 0.717) is 0 Å². The lowest BCUT2D eigenvalue weighted by Crippen LogP contribution is -2.00. The first-order valence-corrected chi connectivity index (χ1v) is 14.8. The molecule has 0 spiro atoms. The molecule has 0 N–H and O–H groups in total. The fourth-order valence-electron chi connectivity index (χ4n) is 6.62. The normalized spacial score (nSPS) is 13.4. The maximum absolute atomic E-state index is 6.26. The quantitative estimate of drug-likeness (QED) is 0.205. The average molecular weight is 551 g/mol. The molecular formula is C40H26N2O. The summed E-state index contributed by atoms with van der Waals surface area (Å²) in [4.78, 5) is 10.3. The molecule has 2 aromatic heterocycles. The summed E-state index contributed by atoms with van der Waals surface area (Å²) in [5, 5.41) is 7.24. The van der Waals surface area contributed by atoms with Gasteiger partial charge in [0, 0.05) is 27.5 Å². The second-order valence-electron chi connectivity index (χ2n) is 11.3. The van der Waals surface area contributed by atoms with Crippen molar-refractivity contribution in [2.75, 3.05) is 0 Å². The number of benzene rings is 6. The van der Waals surface area contributed by atoms with Gasteiger partial charge in [0.05, 0.1) is 11.4 Å². The summed E-state index contributed by atoms with van der Waals surface area (Å²) in [6, 6.07) is 40.7. The maximum Gasteiger partial charge on any atom is 0.160 e. The van der Waals surface area contributed by atoms with E-state index in [9.17, 15) is 0 Å². The summed E-state index contributed by atoms with van der Waals surface area (Å²) in [6.07, 6.45) is 8.66. The summed E-state index contributed by atoms with van der Waals surface area (Å²) < 4.78 is 6.26. The Kier molecular flexibility index (Phi) is 5.32. The van der Waals surface area contributed by atoms with Crippen LogP contribution in [0.1, 0.15) is 18.7 Å². The lowest BCUT2D eigenvalue weighted by Gasteiger charge is -2.13. The summed E-state index contributed by atoms with van der Waals surface area (Å²) >= 11 is 0. The molecule has 43 heavy (non-hydrogen) atoms. The largest absolute Gasteiger partial charge is 0.456 e. The predicted octanol–water partition coefficient (Wildman–Crippen LogP) is 10.9. The van der Waals surface area contributed by atoms with E-state index in [1.807, 2.05) is 0 Å². The Balaban J connectivity index is 1.27. The minimum absolute atomic E-state index is 0.760. The molecule has 0 bridgehead atoms. The number of allylic oxidation sites excluding steroid dienone is 4. The van der Waals surface area contributed by atoms with Crippen molar-refractivity contribution in [3.05, 3.63) is 139 Å². The lowest BCUT2D eigenvalue weighted by atomic mass is 9.92. The third-order valence-corrected chi connectivity index (χ3v) is 8.66. The third-order valence-electron chi connectivity index (χ3n) is 8.66. The van der Waals surface area contributed by atoms with Crippen LogP contribution < -0.4 is 0 Å². The molecule has 0 saturated heterocycles. The molecule has 0 fully saturated rings. The number of rotatable bonds is 4. The van der Waals surface area contributed by atoms with Crippen LogP contribution in [0.5, 0.6) is 0 Å². The Morgan fingerprint density at radius 3 is 1.91 bits per heavy atom. The number of hydrogen-bond acceptors (Lipinski definition) is 3. The second kappa shape index (κ2) is 9.50. The van der Waals surface area contributed by atoms with Gasteiger partial charge in [-0.05, 0) is 75.8 Å². The van der Waals surface area contributed by atoms with Crippen LogP contribution in [0, 0.1) is 0 Å². The van der Waals surface area contributed by atoms with Crippen molar-refractivity contribution in [2.45, 2.75) is 12.8 Å². The van der Waals surface area contributed by atoms with Crippen molar-refractivity contribution in [1.29, 1.82) is 0 Å². The van der Waals surface area contributed by atoms with E-state index in [1.54, 1.807) is 0 Å². The van der Waals surface area contributed by atoms with E-state index in [1.165, 1.54) is 43.4 Å². The molecule has 0 saturated carbocycles. The van der Waals surface area contributed by atoms with E-state index < -0.39 is 0 Å². The summed E-state index contributed by atoms with van der Waals surface area (Å²) in [7, 11) is 0. The number of furan rings is 1. The SMILES string of the molecule is C1=CC(c2nc(-c3cccc(-c4ccccc4)c3)cc(-c3ccc4c(c3)c3cccc5oc6cccc4c6c53)n2)=CCC1. The van der Waals surface area contributed by atoms with Crippen LogP contribution in [-0.4, -0.2) is 9.97 Å². The standard InChI is InChI=1S/C40H26N2O/c1-3-10-25(11-4-1)27-14-7-15-28(22-27)34-24-35(42-40(41-34)26-12-5-2-6-13-26)29-20-21-30-31-16-8-18-36-38(31)39-32(33(30)23-29)17-9-19-37(39)43-36/h1,3-5,7-24H,2,6H2. The highest BCUT2D eigenvalue weighted by molar-refractivity contribution is 6.33. The van der Waals surface area contributed by atoms with E-state index in [-0.39, 0.29) is 0 Å². The molecule has 0 amide bonds. The number of nitrogens with zero attached hydrogens (tertiary/aromatic N) is 2. The van der Waals surface area contributed by atoms with E-state index in [0.717, 1.165) is 57.9 Å².